The molecule has 0 N–H and O–H groups in total. The van der Waals surface area contributed by atoms with E-state index in [1.807, 2.05) is 55.6 Å². The van der Waals surface area contributed by atoms with Gasteiger partial charge in [0.25, 0.3) is 5.91 Å². The van der Waals surface area contributed by atoms with Gasteiger partial charge in [0.1, 0.15) is 12.4 Å². The first-order valence-electron chi connectivity index (χ1n) is 9.13. The molecule has 0 radical (unpaired) electrons. The van der Waals surface area contributed by atoms with Gasteiger partial charge in [0, 0.05) is 37.1 Å². The standard InChI is InChI=1S/C23H24N2O2/c1-25(15-7-11-19-8-3-2-4-9-19)23(26)21-12-5-13-22(16-21)27-18-20-10-6-14-24-17-20/h2-6,8-10,12-14,16-17H,7,11,15,18H2,1H3. The number of benzene rings is 2. The summed E-state index contributed by atoms with van der Waals surface area (Å²) in [6.07, 6.45) is 5.40. The SMILES string of the molecule is CN(CCCc1ccccc1)C(=O)c1cccc(OCc2cccnc2)c1. The molecule has 2 aromatic carbocycles. The molecule has 0 atom stereocenters. The number of aryl methyl sites for hydroxylation is 1. The number of hydrogen-bond donors (Lipinski definition) is 0. The van der Waals surface area contributed by atoms with Crippen LogP contribution in [0.25, 0.3) is 0 Å². The van der Waals surface area contributed by atoms with Crippen molar-refractivity contribution in [2.45, 2.75) is 19.4 Å². The van der Waals surface area contributed by atoms with Gasteiger partial charge >= 0.3 is 0 Å². The van der Waals surface area contributed by atoms with E-state index in [-0.39, 0.29) is 5.91 Å². The molecule has 1 amide bonds. The third kappa shape index (κ3) is 5.68. The molecular weight excluding hydrogens is 336 g/mol. The molecule has 0 bridgehead atoms. The summed E-state index contributed by atoms with van der Waals surface area (Å²) in [5.74, 6) is 0.692. The number of nitrogens with zero attached hydrogens (tertiary/aromatic N) is 2. The van der Waals surface area contributed by atoms with Crippen molar-refractivity contribution in [3.05, 3.63) is 95.8 Å². The molecular formula is C23H24N2O2. The van der Waals surface area contributed by atoms with Gasteiger partial charge in [0.05, 0.1) is 0 Å². The van der Waals surface area contributed by atoms with E-state index in [2.05, 4.69) is 17.1 Å². The summed E-state index contributed by atoms with van der Waals surface area (Å²) in [6.45, 7) is 1.15. The summed E-state index contributed by atoms with van der Waals surface area (Å²) in [5.41, 5.74) is 2.93. The second-order valence-electron chi connectivity index (χ2n) is 6.49. The quantitative estimate of drug-likeness (QED) is 0.599. The van der Waals surface area contributed by atoms with Crippen LogP contribution in [0.4, 0.5) is 0 Å². The Labute approximate surface area is 160 Å². The van der Waals surface area contributed by atoms with Crippen LogP contribution < -0.4 is 4.74 Å². The van der Waals surface area contributed by atoms with Crippen LogP contribution in [0.2, 0.25) is 0 Å². The third-order valence-electron chi connectivity index (χ3n) is 4.36. The lowest BCUT2D eigenvalue weighted by Crippen LogP contribution is -2.28. The van der Waals surface area contributed by atoms with Crippen LogP contribution in [0.15, 0.2) is 79.1 Å². The zero-order chi connectivity index (χ0) is 18.9. The fraction of sp³-hybridized carbons (Fsp3) is 0.217. The van der Waals surface area contributed by atoms with Crippen molar-refractivity contribution in [3.8, 4) is 5.75 Å². The lowest BCUT2D eigenvalue weighted by atomic mass is 10.1. The summed E-state index contributed by atoms with van der Waals surface area (Å²) < 4.78 is 5.79. The Morgan fingerprint density at radius 2 is 1.81 bits per heavy atom. The minimum absolute atomic E-state index is 0.00916. The minimum Gasteiger partial charge on any atom is -0.489 e. The maximum Gasteiger partial charge on any atom is 0.253 e. The van der Waals surface area contributed by atoms with E-state index in [0.29, 0.717) is 24.5 Å². The normalized spacial score (nSPS) is 10.4. The number of pyridine rings is 1. The van der Waals surface area contributed by atoms with Gasteiger partial charge in [-0.15, -0.1) is 0 Å². The molecule has 0 aliphatic heterocycles. The van der Waals surface area contributed by atoms with Crippen LogP contribution in [-0.2, 0) is 13.0 Å². The number of hydrogen-bond acceptors (Lipinski definition) is 3. The summed E-state index contributed by atoms with van der Waals surface area (Å²) >= 11 is 0. The van der Waals surface area contributed by atoms with E-state index >= 15 is 0 Å². The average molecular weight is 360 g/mol. The molecule has 0 spiro atoms. The van der Waals surface area contributed by atoms with Crippen LogP contribution >= 0.6 is 0 Å². The highest BCUT2D eigenvalue weighted by Gasteiger charge is 2.12. The first kappa shape index (κ1) is 18.6. The van der Waals surface area contributed by atoms with Crippen molar-refractivity contribution >= 4 is 5.91 Å². The Hall–Kier alpha value is -3.14. The summed E-state index contributed by atoms with van der Waals surface area (Å²) in [7, 11) is 1.84. The average Bonchev–Trinajstić information content (AvgIpc) is 2.73. The van der Waals surface area contributed by atoms with Crippen LogP contribution in [-0.4, -0.2) is 29.4 Å². The first-order chi connectivity index (χ1) is 13.2. The summed E-state index contributed by atoms with van der Waals surface area (Å²) in [5, 5.41) is 0. The maximum absolute atomic E-state index is 12.7. The molecule has 0 aliphatic carbocycles. The number of carbonyl (C=O) groups is 1. The molecule has 3 aromatic rings. The van der Waals surface area contributed by atoms with Gasteiger partial charge in [-0.25, -0.2) is 0 Å². The predicted molar refractivity (Wildman–Crippen MR) is 107 cm³/mol. The van der Waals surface area contributed by atoms with Gasteiger partial charge in [0.15, 0.2) is 0 Å². The van der Waals surface area contributed by atoms with Crippen molar-refractivity contribution in [2.75, 3.05) is 13.6 Å². The van der Waals surface area contributed by atoms with Crippen molar-refractivity contribution in [1.29, 1.82) is 0 Å². The third-order valence-corrected chi connectivity index (χ3v) is 4.36. The number of ether oxygens (including phenoxy) is 1. The second-order valence-corrected chi connectivity index (χ2v) is 6.49. The summed E-state index contributed by atoms with van der Waals surface area (Å²) in [6, 6.07) is 21.5. The van der Waals surface area contributed by atoms with Gasteiger partial charge in [0.2, 0.25) is 0 Å². The summed E-state index contributed by atoms with van der Waals surface area (Å²) in [4.78, 5) is 18.5. The van der Waals surface area contributed by atoms with Gasteiger partial charge in [-0.3, -0.25) is 9.78 Å². The molecule has 0 aliphatic rings. The molecule has 0 saturated carbocycles. The Kier molecular flexibility index (Phi) is 6.58. The van der Waals surface area contributed by atoms with Crippen molar-refractivity contribution in [3.63, 3.8) is 0 Å². The maximum atomic E-state index is 12.7. The van der Waals surface area contributed by atoms with E-state index < -0.39 is 0 Å². The minimum atomic E-state index is 0.00916. The van der Waals surface area contributed by atoms with E-state index in [1.165, 1.54) is 5.56 Å². The van der Waals surface area contributed by atoms with Crippen LogP contribution in [0.5, 0.6) is 5.75 Å². The molecule has 138 valence electrons. The monoisotopic (exact) mass is 360 g/mol. The Morgan fingerprint density at radius 1 is 1.00 bits per heavy atom. The molecule has 1 heterocycles. The van der Waals surface area contributed by atoms with E-state index in [0.717, 1.165) is 18.4 Å². The lowest BCUT2D eigenvalue weighted by Gasteiger charge is -2.17. The number of aromatic nitrogens is 1. The molecule has 1 aromatic heterocycles. The van der Waals surface area contributed by atoms with E-state index in [9.17, 15) is 4.79 Å². The van der Waals surface area contributed by atoms with Crippen molar-refractivity contribution < 1.29 is 9.53 Å². The highest BCUT2D eigenvalue weighted by molar-refractivity contribution is 5.94. The van der Waals surface area contributed by atoms with Gasteiger partial charge in [-0.1, -0.05) is 42.5 Å². The molecule has 0 unspecified atom stereocenters. The highest BCUT2D eigenvalue weighted by atomic mass is 16.5. The molecule has 4 nitrogen and oxygen atoms in total. The molecule has 3 rings (SSSR count). The number of carbonyl (C=O) groups excluding carboxylic acids is 1. The van der Waals surface area contributed by atoms with Crippen LogP contribution in [0, 0.1) is 0 Å². The molecule has 27 heavy (non-hydrogen) atoms. The Balaban J connectivity index is 1.52. The predicted octanol–water partition coefficient (Wildman–Crippen LogP) is 4.37. The second kappa shape index (κ2) is 9.53. The highest BCUT2D eigenvalue weighted by Crippen LogP contribution is 2.16. The topological polar surface area (TPSA) is 42.4 Å². The molecule has 0 fully saturated rings. The van der Waals surface area contributed by atoms with Crippen LogP contribution in [0.1, 0.15) is 27.9 Å². The number of amides is 1. The fourth-order valence-corrected chi connectivity index (χ4v) is 2.86. The smallest absolute Gasteiger partial charge is 0.253 e. The molecule has 4 heteroatoms. The lowest BCUT2D eigenvalue weighted by molar-refractivity contribution is 0.0793. The largest absolute Gasteiger partial charge is 0.489 e. The van der Waals surface area contributed by atoms with E-state index in [1.54, 1.807) is 23.4 Å². The first-order valence-corrected chi connectivity index (χ1v) is 9.13. The van der Waals surface area contributed by atoms with Crippen molar-refractivity contribution in [2.24, 2.45) is 0 Å². The number of rotatable bonds is 8. The van der Waals surface area contributed by atoms with Gasteiger partial charge in [-0.2, -0.15) is 0 Å². The Bertz CT molecular complexity index is 851. The van der Waals surface area contributed by atoms with E-state index in [4.69, 9.17) is 4.74 Å². The molecule has 0 saturated heterocycles. The van der Waals surface area contributed by atoms with Crippen LogP contribution in [0.3, 0.4) is 0 Å². The van der Waals surface area contributed by atoms with Gasteiger partial charge < -0.3 is 9.64 Å². The zero-order valence-corrected chi connectivity index (χ0v) is 15.5. The fourth-order valence-electron chi connectivity index (χ4n) is 2.86. The van der Waals surface area contributed by atoms with Crippen molar-refractivity contribution in [1.82, 2.24) is 9.88 Å². The Morgan fingerprint density at radius 3 is 2.59 bits per heavy atom. The zero-order valence-electron chi connectivity index (χ0n) is 15.5. The van der Waals surface area contributed by atoms with Gasteiger partial charge in [-0.05, 0) is 42.7 Å².